The highest BCUT2D eigenvalue weighted by atomic mass is 16.3. The van der Waals surface area contributed by atoms with Crippen molar-refractivity contribution in [1.82, 2.24) is 0 Å². The minimum absolute atomic E-state index is 0.152. The van der Waals surface area contributed by atoms with Crippen molar-refractivity contribution in [2.24, 2.45) is 10.9 Å². The van der Waals surface area contributed by atoms with Gasteiger partial charge >= 0.3 is 0 Å². The van der Waals surface area contributed by atoms with E-state index in [-0.39, 0.29) is 5.41 Å². The Labute approximate surface area is 111 Å². The summed E-state index contributed by atoms with van der Waals surface area (Å²) >= 11 is 0. The third-order valence-corrected chi connectivity index (χ3v) is 4.39. The van der Waals surface area contributed by atoms with Gasteiger partial charge in [0.1, 0.15) is 5.75 Å². The quantitative estimate of drug-likeness (QED) is 0.779. The highest BCUT2D eigenvalue weighted by molar-refractivity contribution is 5.83. The molecule has 0 aliphatic heterocycles. The Morgan fingerprint density at radius 2 is 2.06 bits per heavy atom. The standard InChI is InChI=1S/C16H25NO/c1-6-12(3)16(4,7-2)14-8-9-15(18)13(10-14)11-17-5/h8-12,18H,6-7H2,1-5H3. The van der Waals surface area contributed by atoms with E-state index >= 15 is 0 Å². The Balaban J connectivity index is 3.26. The lowest BCUT2D eigenvalue weighted by atomic mass is 9.69. The maximum Gasteiger partial charge on any atom is 0.124 e. The smallest absolute Gasteiger partial charge is 0.124 e. The molecule has 100 valence electrons. The number of hydrogen-bond donors (Lipinski definition) is 1. The van der Waals surface area contributed by atoms with Gasteiger partial charge in [0.05, 0.1) is 0 Å². The highest BCUT2D eigenvalue weighted by Gasteiger charge is 2.30. The van der Waals surface area contributed by atoms with Gasteiger partial charge in [0, 0.05) is 18.8 Å². The van der Waals surface area contributed by atoms with Crippen LogP contribution >= 0.6 is 0 Å². The first-order valence-corrected chi connectivity index (χ1v) is 6.75. The lowest BCUT2D eigenvalue weighted by Crippen LogP contribution is -2.29. The van der Waals surface area contributed by atoms with E-state index in [9.17, 15) is 5.11 Å². The molecule has 2 nitrogen and oxygen atoms in total. The molecule has 0 fully saturated rings. The van der Waals surface area contributed by atoms with Crippen LogP contribution in [-0.2, 0) is 5.41 Å². The molecular weight excluding hydrogens is 222 g/mol. The van der Waals surface area contributed by atoms with Crippen molar-refractivity contribution in [3.8, 4) is 5.75 Å². The predicted molar refractivity (Wildman–Crippen MR) is 78.7 cm³/mol. The summed E-state index contributed by atoms with van der Waals surface area (Å²) in [6.07, 6.45) is 3.96. The number of aliphatic imine (C=N–C) groups is 1. The number of rotatable bonds is 5. The van der Waals surface area contributed by atoms with E-state index in [1.807, 2.05) is 6.07 Å². The third-order valence-electron chi connectivity index (χ3n) is 4.39. The molecule has 1 rings (SSSR count). The fraction of sp³-hybridized carbons (Fsp3) is 0.562. The molecular formula is C16H25NO. The third kappa shape index (κ3) is 2.74. The largest absolute Gasteiger partial charge is 0.507 e. The maximum absolute atomic E-state index is 9.81. The summed E-state index contributed by atoms with van der Waals surface area (Å²) < 4.78 is 0. The van der Waals surface area contributed by atoms with E-state index in [2.05, 4.69) is 38.8 Å². The molecule has 0 heterocycles. The van der Waals surface area contributed by atoms with Crippen molar-refractivity contribution < 1.29 is 5.11 Å². The minimum atomic E-state index is 0.152. The van der Waals surface area contributed by atoms with Crippen molar-refractivity contribution >= 4 is 6.21 Å². The fourth-order valence-corrected chi connectivity index (χ4v) is 2.44. The zero-order valence-corrected chi connectivity index (χ0v) is 12.2. The van der Waals surface area contributed by atoms with Gasteiger partial charge in [-0.1, -0.05) is 40.2 Å². The molecule has 1 N–H and O–H groups in total. The summed E-state index contributed by atoms with van der Waals surface area (Å²) in [7, 11) is 1.72. The molecule has 0 spiro atoms. The van der Waals surface area contributed by atoms with Crippen LogP contribution < -0.4 is 0 Å². The lowest BCUT2D eigenvalue weighted by molar-refractivity contribution is 0.295. The maximum atomic E-state index is 9.81. The summed E-state index contributed by atoms with van der Waals surface area (Å²) in [6, 6.07) is 5.89. The highest BCUT2D eigenvalue weighted by Crippen LogP contribution is 2.38. The summed E-state index contributed by atoms with van der Waals surface area (Å²) in [5, 5.41) is 9.81. The number of benzene rings is 1. The van der Waals surface area contributed by atoms with Crippen molar-refractivity contribution in [3.63, 3.8) is 0 Å². The van der Waals surface area contributed by atoms with Crippen LogP contribution in [0.25, 0.3) is 0 Å². The van der Waals surface area contributed by atoms with E-state index in [1.165, 1.54) is 5.56 Å². The zero-order valence-electron chi connectivity index (χ0n) is 12.2. The van der Waals surface area contributed by atoms with Crippen LogP contribution in [0.1, 0.15) is 51.7 Å². The molecule has 0 saturated heterocycles. The van der Waals surface area contributed by atoms with Gasteiger partial charge in [-0.2, -0.15) is 0 Å². The zero-order chi connectivity index (χ0) is 13.8. The van der Waals surface area contributed by atoms with Gasteiger partial charge < -0.3 is 5.11 Å². The van der Waals surface area contributed by atoms with Crippen LogP contribution in [-0.4, -0.2) is 18.4 Å². The molecule has 2 heteroatoms. The van der Waals surface area contributed by atoms with Gasteiger partial charge in [0.25, 0.3) is 0 Å². The second kappa shape index (κ2) is 6.03. The second-order valence-corrected chi connectivity index (χ2v) is 5.24. The van der Waals surface area contributed by atoms with Crippen LogP contribution in [0.15, 0.2) is 23.2 Å². The van der Waals surface area contributed by atoms with Crippen LogP contribution in [0.5, 0.6) is 5.75 Å². The van der Waals surface area contributed by atoms with Crippen molar-refractivity contribution in [3.05, 3.63) is 29.3 Å². The summed E-state index contributed by atoms with van der Waals surface area (Å²) in [4.78, 5) is 4.00. The van der Waals surface area contributed by atoms with Crippen LogP contribution in [0, 0.1) is 5.92 Å². The molecule has 1 aromatic rings. The van der Waals surface area contributed by atoms with Gasteiger partial charge in [-0.3, -0.25) is 4.99 Å². The predicted octanol–water partition coefficient (Wildman–Crippen LogP) is 4.15. The van der Waals surface area contributed by atoms with E-state index in [0.29, 0.717) is 11.7 Å². The van der Waals surface area contributed by atoms with E-state index in [4.69, 9.17) is 0 Å². The monoisotopic (exact) mass is 247 g/mol. The first kappa shape index (κ1) is 14.7. The van der Waals surface area contributed by atoms with E-state index < -0.39 is 0 Å². The molecule has 0 amide bonds. The first-order chi connectivity index (χ1) is 8.49. The minimum Gasteiger partial charge on any atom is -0.507 e. The molecule has 0 aliphatic rings. The molecule has 0 radical (unpaired) electrons. The van der Waals surface area contributed by atoms with Crippen LogP contribution in [0.2, 0.25) is 0 Å². The summed E-state index contributed by atoms with van der Waals surface area (Å²) in [5.74, 6) is 0.908. The second-order valence-electron chi connectivity index (χ2n) is 5.24. The Morgan fingerprint density at radius 1 is 1.39 bits per heavy atom. The number of hydrogen-bond acceptors (Lipinski definition) is 2. The number of nitrogens with zero attached hydrogens (tertiary/aromatic N) is 1. The van der Waals surface area contributed by atoms with Gasteiger partial charge in [-0.05, 0) is 35.4 Å². The molecule has 1 aromatic carbocycles. The molecule has 2 atom stereocenters. The van der Waals surface area contributed by atoms with Crippen LogP contribution in [0.3, 0.4) is 0 Å². The van der Waals surface area contributed by atoms with Crippen molar-refractivity contribution in [1.29, 1.82) is 0 Å². The average molecular weight is 247 g/mol. The Hall–Kier alpha value is -1.31. The summed E-state index contributed by atoms with van der Waals surface area (Å²) in [6.45, 7) is 9.06. The van der Waals surface area contributed by atoms with Gasteiger partial charge in [-0.25, -0.2) is 0 Å². The van der Waals surface area contributed by atoms with Crippen LogP contribution in [0.4, 0.5) is 0 Å². The van der Waals surface area contributed by atoms with Gasteiger partial charge in [0.15, 0.2) is 0 Å². The molecule has 2 unspecified atom stereocenters. The Kier molecular flexibility index (Phi) is 4.94. The van der Waals surface area contributed by atoms with Gasteiger partial charge in [-0.15, -0.1) is 0 Å². The molecule has 18 heavy (non-hydrogen) atoms. The van der Waals surface area contributed by atoms with Crippen molar-refractivity contribution in [2.45, 2.75) is 46.0 Å². The topological polar surface area (TPSA) is 32.6 Å². The van der Waals surface area contributed by atoms with E-state index in [1.54, 1.807) is 19.3 Å². The number of phenols is 1. The van der Waals surface area contributed by atoms with Crippen molar-refractivity contribution in [2.75, 3.05) is 7.05 Å². The Morgan fingerprint density at radius 3 is 2.56 bits per heavy atom. The SMILES string of the molecule is CCC(C)C(C)(CC)c1ccc(O)c(C=NC)c1. The average Bonchev–Trinajstić information content (AvgIpc) is 2.39. The Bertz CT molecular complexity index is 425. The lowest BCUT2D eigenvalue weighted by Gasteiger charge is -2.35. The first-order valence-electron chi connectivity index (χ1n) is 6.75. The number of aromatic hydroxyl groups is 1. The van der Waals surface area contributed by atoms with E-state index in [0.717, 1.165) is 18.4 Å². The molecule has 0 bridgehead atoms. The fourth-order valence-electron chi connectivity index (χ4n) is 2.44. The summed E-state index contributed by atoms with van der Waals surface area (Å²) in [5.41, 5.74) is 2.24. The molecule has 0 aromatic heterocycles. The van der Waals surface area contributed by atoms with Gasteiger partial charge in [0.2, 0.25) is 0 Å². The normalized spacial score (nSPS) is 16.7. The molecule has 0 aliphatic carbocycles. The molecule has 0 saturated carbocycles. The number of phenolic OH excluding ortho intramolecular Hbond substituents is 1.